The standard InChI is InChI=1S/C18H15F3N4O/c1-3-15(26)23-14-8-22-17-16(24-14)11(2)9-25(17)10-12-4-6-13(7-5-12)18(19,20)21/h3-9H,1,10H2,2H3,(H,23,24,26). The lowest BCUT2D eigenvalue weighted by molar-refractivity contribution is -0.137. The summed E-state index contributed by atoms with van der Waals surface area (Å²) in [5.41, 5.74) is 2.06. The predicted molar refractivity (Wildman–Crippen MR) is 91.6 cm³/mol. The molecular formula is C18H15F3N4O. The van der Waals surface area contributed by atoms with E-state index in [2.05, 4.69) is 21.9 Å². The number of fused-ring (bicyclic) bond motifs is 1. The molecule has 3 rings (SSSR count). The monoisotopic (exact) mass is 360 g/mol. The summed E-state index contributed by atoms with van der Waals surface area (Å²) < 4.78 is 39.8. The quantitative estimate of drug-likeness (QED) is 0.717. The van der Waals surface area contributed by atoms with Crippen LogP contribution in [0, 0.1) is 6.92 Å². The Morgan fingerprint density at radius 1 is 1.31 bits per heavy atom. The van der Waals surface area contributed by atoms with E-state index in [9.17, 15) is 18.0 Å². The third-order valence-corrected chi connectivity index (χ3v) is 3.82. The molecule has 2 heterocycles. The molecule has 2 aromatic heterocycles. The van der Waals surface area contributed by atoms with Gasteiger partial charge in [0.05, 0.1) is 11.8 Å². The lowest BCUT2D eigenvalue weighted by Crippen LogP contribution is -2.09. The van der Waals surface area contributed by atoms with E-state index < -0.39 is 11.7 Å². The minimum absolute atomic E-state index is 0.304. The first-order valence-electron chi connectivity index (χ1n) is 7.70. The van der Waals surface area contributed by atoms with Gasteiger partial charge in [0.1, 0.15) is 5.52 Å². The van der Waals surface area contributed by atoms with Crippen molar-refractivity contribution in [2.75, 3.05) is 5.32 Å². The molecule has 0 fully saturated rings. The van der Waals surface area contributed by atoms with Gasteiger partial charge in [0, 0.05) is 12.7 Å². The summed E-state index contributed by atoms with van der Waals surface area (Å²) in [6, 6.07) is 5.00. The lowest BCUT2D eigenvalue weighted by Gasteiger charge is -2.09. The van der Waals surface area contributed by atoms with E-state index in [1.807, 2.05) is 13.1 Å². The Balaban J connectivity index is 1.89. The number of amides is 1. The van der Waals surface area contributed by atoms with Crippen LogP contribution in [-0.2, 0) is 17.5 Å². The topological polar surface area (TPSA) is 59.8 Å². The highest BCUT2D eigenvalue weighted by Crippen LogP contribution is 2.29. The Bertz CT molecular complexity index is 975. The van der Waals surface area contributed by atoms with E-state index in [4.69, 9.17) is 0 Å². The number of benzene rings is 1. The van der Waals surface area contributed by atoms with E-state index in [0.717, 1.165) is 23.8 Å². The number of carbonyl (C=O) groups is 1. The van der Waals surface area contributed by atoms with Crippen molar-refractivity contribution in [2.24, 2.45) is 0 Å². The van der Waals surface area contributed by atoms with Gasteiger partial charge in [0.15, 0.2) is 11.5 Å². The van der Waals surface area contributed by atoms with Crippen LogP contribution in [0.4, 0.5) is 19.0 Å². The van der Waals surface area contributed by atoms with Gasteiger partial charge in [0.2, 0.25) is 5.91 Å². The molecule has 1 N–H and O–H groups in total. The van der Waals surface area contributed by atoms with E-state index in [1.54, 1.807) is 4.57 Å². The number of alkyl halides is 3. The number of nitrogens with zero attached hydrogens (tertiary/aromatic N) is 3. The zero-order chi connectivity index (χ0) is 18.9. The minimum Gasteiger partial charge on any atom is -0.326 e. The average molecular weight is 360 g/mol. The van der Waals surface area contributed by atoms with Crippen LogP contribution >= 0.6 is 0 Å². The zero-order valence-corrected chi connectivity index (χ0v) is 13.8. The minimum atomic E-state index is -4.35. The third-order valence-electron chi connectivity index (χ3n) is 3.82. The molecule has 0 spiro atoms. The highest BCUT2D eigenvalue weighted by atomic mass is 19.4. The summed E-state index contributed by atoms with van der Waals surface area (Å²) >= 11 is 0. The number of carbonyl (C=O) groups excluding carboxylic acids is 1. The summed E-state index contributed by atoms with van der Waals surface area (Å²) in [4.78, 5) is 20.0. The summed E-state index contributed by atoms with van der Waals surface area (Å²) in [5, 5.41) is 2.54. The summed E-state index contributed by atoms with van der Waals surface area (Å²) in [6.45, 7) is 5.58. The largest absolute Gasteiger partial charge is 0.416 e. The Hall–Kier alpha value is -3.16. The molecule has 1 amide bonds. The molecule has 0 saturated heterocycles. The van der Waals surface area contributed by atoms with Crippen LogP contribution in [0.5, 0.6) is 0 Å². The molecule has 26 heavy (non-hydrogen) atoms. The SMILES string of the molecule is C=CC(=O)Nc1cnc2c(n1)c(C)cn2Cc1ccc(C(F)(F)F)cc1. The van der Waals surface area contributed by atoms with Crippen LogP contribution in [0.1, 0.15) is 16.7 Å². The molecule has 0 atom stereocenters. The predicted octanol–water partition coefficient (Wildman–Crippen LogP) is 3.93. The van der Waals surface area contributed by atoms with Crippen LogP contribution in [-0.4, -0.2) is 20.4 Å². The average Bonchev–Trinajstić information content (AvgIpc) is 2.90. The number of nitrogens with one attached hydrogen (secondary N) is 1. The van der Waals surface area contributed by atoms with Crippen LogP contribution in [0.2, 0.25) is 0 Å². The molecular weight excluding hydrogens is 345 g/mol. The molecule has 1 aromatic carbocycles. The first-order chi connectivity index (χ1) is 12.3. The fraction of sp³-hybridized carbons (Fsp3) is 0.167. The van der Waals surface area contributed by atoms with Gasteiger partial charge in [-0.3, -0.25) is 4.79 Å². The number of anilines is 1. The maximum Gasteiger partial charge on any atom is 0.416 e. The van der Waals surface area contributed by atoms with Crippen molar-refractivity contribution in [3.8, 4) is 0 Å². The molecule has 5 nitrogen and oxygen atoms in total. The molecule has 8 heteroatoms. The lowest BCUT2D eigenvalue weighted by atomic mass is 10.1. The van der Waals surface area contributed by atoms with Gasteiger partial charge >= 0.3 is 6.18 Å². The molecule has 0 aliphatic rings. The fourth-order valence-electron chi connectivity index (χ4n) is 2.57. The highest BCUT2D eigenvalue weighted by Gasteiger charge is 2.29. The van der Waals surface area contributed by atoms with E-state index in [0.29, 0.717) is 29.1 Å². The second-order valence-electron chi connectivity index (χ2n) is 5.76. The van der Waals surface area contributed by atoms with E-state index >= 15 is 0 Å². The molecule has 0 bridgehead atoms. The number of aryl methyl sites for hydroxylation is 1. The van der Waals surface area contributed by atoms with Gasteiger partial charge in [0.25, 0.3) is 0 Å². The Morgan fingerprint density at radius 2 is 2.00 bits per heavy atom. The number of rotatable bonds is 4. The molecule has 0 aliphatic carbocycles. The van der Waals surface area contributed by atoms with Gasteiger partial charge in [-0.25, -0.2) is 9.97 Å². The molecule has 0 unspecified atom stereocenters. The Labute approximate surface area is 147 Å². The van der Waals surface area contributed by atoms with Crippen molar-refractivity contribution in [2.45, 2.75) is 19.6 Å². The number of hydrogen-bond donors (Lipinski definition) is 1. The van der Waals surface area contributed by atoms with Crippen LogP contribution in [0.3, 0.4) is 0 Å². The molecule has 3 aromatic rings. The van der Waals surface area contributed by atoms with Crippen molar-refractivity contribution in [3.05, 3.63) is 66.0 Å². The van der Waals surface area contributed by atoms with Gasteiger partial charge < -0.3 is 9.88 Å². The maximum atomic E-state index is 12.7. The molecule has 0 aliphatic heterocycles. The van der Waals surface area contributed by atoms with Crippen molar-refractivity contribution >= 4 is 22.9 Å². The number of hydrogen-bond acceptors (Lipinski definition) is 3. The summed E-state index contributed by atoms with van der Waals surface area (Å²) in [6.07, 6.45) is 0.0232. The maximum absolute atomic E-state index is 12.7. The summed E-state index contributed by atoms with van der Waals surface area (Å²) in [7, 11) is 0. The fourth-order valence-corrected chi connectivity index (χ4v) is 2.57. The summed E-state index contributed by atoms with van der Waals surface area (Å²) in [5.74, 6) is -0.0849. The van der Waals surface area contributed by atoms with Gasteiger partial charge in [-0.2, -0.15) is 13.2 Å². The highest BCUT2D eigenvalue weighted by molar-refractivity contribution is 5.98. The third kappa shape index (κ3) is 3.58. The van der Waals surface area contributed by atoms with Gasteiger partial charge in [-0.05, 0) is 36.3 Å². The van der Waals surface area contributed by atoms with Crippen molar-refractivity contribution < 1.29 is 18.0 Å². The Kier molecular flexibility index (Phi) is 4.50. The normalized spacial score (nSPS) is 11.5. The number of aromatic nitrogens is 3. The van der Waals surface area contributed by atoms with Gasteiger partial charge in [-0.15, -0.1) is 0 Å². The van der Waals surface area contributed by atoms with Crippen LogP contribution in [0.25, 0.3) is 11.2 Å². The van der Waals surface area contributed by atoms with Crippen molar-refractivity contribution in [1.82, 2.24) is 14.5 Å². The van der Waals surface area contributed by atoms with E-state index in [1.165, 1.54) is 18.3 Å². The van der Waals surface area contributed by atoms with Crippen LogP contribution < -0.4 is 5.32 Å². The second-order valence-corrected chi connectivity index (χ2v) is 5.76. The zero-order valence-electron chi connectivity index (χ0n) is 13.8. The first kappa shape index (κ1) is 17.7. The smallest absolute Gasteiger partial charge is 0.326 e. The molecule has 134 valence electrons. The Morgan fingerprint density at radius 3 is 2.62 bits per heavy atom. The van der Waals surface area contributed by atoms with Crippen molar-refractivity contribution in [1.29, 1.82) is 0 Å². The number of halogens is 3. The molecule has 0 radical (unpaired) electrons. The molecule has 0 saturated carbocycles. The second kappa shape index (κ2) is 6.62. The van der Waals surface area contributed by atoms with Crippen molar-refractivity contribution in [3.63, 3.8) is 0 Å². The van der Waals surface area contributed by atoms with Gasteiger partial charge in [-0.1, -0.05) is 18.7 Å². The first-order valence-corrected chi connectivity index (χ1v) is 7.70. The van der Waals surface area contributed by atoms with Crippen LogP contribution in [0.15, 0.2) is 49.3 Å². The van der Waals surface area contributed by atoms with E-state index in [-0.39, 0.29) is 5.91 Å².